The fraction of sp³-hybridized carbons (Fsp3) is 0.846. The average Bonchev–Trinajstić information content (AvgIpc) is 2.28. The molecule has 1 aliphatic rings. The van der Waals surface area contributed by atoms with Crippen molar-refractivity contribution in [1.29, 1.82) is 0 Å². The molecular weight excluding hydrogens is 236 g/mol. The van der Waals surface area contributed by atoms with Gasteiger partial charge in [0.1, 0.15) is 0 Å². The summed E-state index contributed by atoms with van der Waals surface area (Å²) in [5.74, 6) is -1.37. The van der Waals surface area contributed by atoms with Crippen LogP contribution in [0.2, 0.25) is 0 Å². The molecule has 0 bridgehead atoms. The molecule has 2 N–H and O–H groups in total. The number of hydrogen-bond donors (Lipinski definition) is 2. The molecule has 0 aromatic rings. The molecular formula is C13H22O5. The molecule has 0 heterocycles. The zero-order valence-corrected chi connectivity index (χ0v) is 10.6. The Balaban J connectivity index is 2.22. The Bertz CT molecular complexity index is 255. The number of carboxylic acids is 2. The van der Waals surface area contributed by atoms with E-state index in [1.54, 1.807) is 0 Å². The van der Waals surface area contributed by atoms with Crippen molar-refractivity contribution in [2.75, 3.05) is 6.61 Å². The summed E-state index contributed by atoms with van der Waals surface area (Å²) in [6.45, 7) is 0.468. The highest BCUT2D eigenvalue weighted by Crippen LogP contribution is 2.26. The van der Waals surface area contributed by atoms with Crippen LogP contribution in [0.4, 0.5) is 0 Å². The molecule has 0 aromatic carbocycles. The van der Waals surface area contributed by atoms with Crippen molar-refractivity contribution in [3.63, 3.8) is 0 Å². The molecule has 5 nitrogen and oxygen atoms in total. The van der Waals surface area contributed by atoms with E-state index in [0.717, 1.165) is 6.42 Å². The third-order valence-corrected chi connectivity index (χ3v) is 3.41. The molecule has 1 aliphatic carbocycles. The van der Waals surface area contributed by atoms with Gasteiger partial charge in [0.25, 0.3) is 0 Å². The fourth-order valence-electron chi connectivity index (χ4n) is 2.46. The second-order valence-corrected chi connectivity index (χ2v) is 4.98. The van der Waals surface area contributed by atoms with E-state index < -0.39 is 18.0 Å². The summed E-state index contributed by atoms with van der Waals surface area (Å²) in [5.41, 5.74) is 0. The van der Waals surface area contributed by atoms with Gasteiger partial charge in [-0.3, -0.25) is 9.59 Å². The number of carboxylic acid groups (broad SMARTS) is 2. The van der Waals surface area contributed by atoms with Gasteiger partial charge in [-0.1, -0.05) is 32.1 Å². The smallest absolute Gasteiger partial charge is 0.305 e. The summed E-state index contributed by atoms with van der Waals surface area (Å²) in [7, 11) is 0. The first-order chi connectivity index (χ1) is 8.58. The van der Waals surface area contributed by atoms with Crippen molar-refractivity contribution in [3.8, 4) is 0 Å². The normalized spacial score (nSPS) is 16.9. The van der Waals surface area contributed by atoms with Crippen molar-refractivity contribution in [3.05, 3.63) is 0 Å². The second-order valence-electron chi connectivity index (χ2n) is 4.98. The minimum Gasteiger partial charge on any atom is -0.481 e. The van der Waals surface area contributed by atoms with Crippen molar-refractivity contribution >= 4 is 11.9 Å². The summed E-state index contributed by atoms with van der Waals surface area (Å²) in [6.07, 6.45) is 5.99. The van der Waals surface area contributed by atoms with Crippen LogP contribution >= 0.6 is 0 Å². The molecule has 18 heavy (non-hydrogen) atoms. The van der Waals surface area contributed by atoms with Crippen molar-refractivity contribution in [2.45, 2.75) is 57.5 Å². The van der Waals surface area contributed by atoms with Crippen LogP contribution in [0, 0.1) is 5.92 Å². The monoisotopic (exact) mass is 258 g/mol. The van der Waals surface area contributed by atoms with Gasteiger partial charge in [0.05, 0.1) is 18.9 Å². The van der Waals surface area contributed by atoms with E-state index >= 15 is 0 Å². The SMILES string of the molecule is O=C(O)CC(CC(=O)O)OCCC1CCCCC1. The maximum absolute atomic E-state index is 10.6. The molecule has 0 saturated heterocycles. The minimum atomic E-state index is -1.01. The zero-order valence-electron chi connectivity index (χ0n) is 10.6. The summed E-state index contributed by atoms with van der Waals surface area (Å²) < 4.78 is 5.40. The Labute approximate surface area is 107 Å². The molecule has 5 heteroatoms. The Morgan fingerprint density at radius 3 is 2.11 bits per heavy atom. The van der Waals surface area contributed by atoms with Gasteiger partial charge >= 0.3 is 11.9 Å². The summed E-state index contributed by atoms with van der Waals surface area (Å²) in [4.78, 5) is 21.2. The van der Waals surface area contributed by atoms with Crippen LogP contribution in [0.5, 0.6) is 0 Å². The number of hydrogen-bond acceptors (Lipinski definition) is 3. The zero-order chi connectivity index (χ0) is 13.4. The Kier molecular flexibility index (Phi) is 6.72. The van der Waals surface area contributed by atoms with Crippen LogP contribution in [0.1, 0.15) is 51.4 Å². The Morgan fingerprint density at radius 2 is 1.61 bits per heavy atom. The van der Waals surface area contributed by atoms with Gasteiger partial charge in [-0.05, 0) is 12.3 Å². The van der Waals surface area contributed by atoms with Crippen molar-refractivity contribution in [1.82, 2.24) is 0 Å². The Morgan fingerprint density at radius 1 is 1.06 bits per heavy atom. The molecule has 0 radical (unpaired) electrons. The maximum Gasteiger partial charge on any atom is 0.305 e. The van der Waals surface area contributed by atoms with E-state index in [9.17, 15) is 9.59 Å². The fourth-order valence-corrected chi connectivity index (χ4v) is 2.46. The van der Waals surface area contributed by atoms with Crippen LogP contribution in [-0.4, -0.2) is 34.9 Å². The second kappa shape index (κ2) is 8.08. The number of ether oxygens (including phenoxy) is 1. The van der Waals surface area contributed by atoms with Crippen LogP contribution in [0.3, 0.4) is 0 Å². The minimum absolute atomic E-state index is 0.239. The highest BCUT2D eigenvalue weighted by Gasteiger charge is 2.19. The van der Waals surface area contributed by atoms with E-state index in [0.29, 0.717) is 12.5 Å². The highest BCUT2D eigenvalue weighted by molar-refractivity contribution is 5.71. The lowest BCUT2D eigenvalue weighted by Crippen LogP contribution is -2.22. The van der Waals surface area contributed by atoms with E-state index in [-0.39, 0.29) is 12.8 Å². The number of rotatable bonds is 8. The van der Waals surface area contributed by atoms with E-state index in [1.807, 2.05) is 0 Å². The standard InChI is InChI=1S/C13H22O5/c14-12(15)8-11(9-13(16)17)18-7-6-10-4-2-1-3-5-10/h10-11H,1-9H2,(H,14,15)(H,16,17). The van der Waals surface area contributed by atoms with Gasteiger partial charge in [0.15, 0.2) is 0 Å². The number of carbonyl (C=O) groups is 2. The topological polar surface area (TPSA) is 83.8 Å². The first-order valence-electron chi connectivity index (χ1n) is 6.63. The van der Waals surface area contributed by atoms with E-state index in [1.165, 1.54) is 32.1 Å². The van der Waals surface area contributed by atoms with Crippen LogP contribution in [0.15, 0.2) is 0 Å². The van der Waals surface area contributed by atoms with Gasteiger partial charge in [-0.25, -0.2) is 0 Å². The van der Waals surface area contributed by atoms with Gasteiger partial charge in [-0.15, -0.1) is 0 Å². The molecule has 1 saturated carbocycles. The van der Waals surface area contributed by atoms with Gasteiger partial charge in [0.2, 0.25) is 0 Å². The summed E-state index contributed by atoms with van der Waals surface area (Å²) in [6, 6.07) is 0. The molecule has 1 fully saturated rings. The summed E-state index contributed by atoms with van der Waals surface area (Å²) >= 11 is 0. The largest absolute Gasteiger partial charge is 0.481 e. The first kappa shape index (κ1) is 15.0. The van der Waals surface area contributed by atoms with Crippen molar-refractivity contribution < 1.29 is 24.5 Å². The van der Waals surface area contributed by atoms with Crippen LogP contribution < -0.4 is 0 Å². The predicted octanol–water partition coefficient (Wildman–Crippen LogP) is 2.29. The van der Waals surface area contributed by atoms with E-state index in [4.69, 9.17) is 14.9 Å². The molecule has 0 aliphatic heterocycles. The predicted molar refractivity (Wildman–Crippen MR) is 65.4 cm³/mol. The third kappa shape index (κ3) is 6.59. The van der Waals surface area contributed by atoms with E-state index in [2.05, 4.69) is 0 Å². The van der Waals surface area contributed by atoms with Gasteiger partial charge in [0, 0.05) is 6.61 Å². The molecule has 0 atom stereocenters. The lowest BCUT2D eigenvalue weighted by atomic mass is 9.87. The summed E-state index contributed by atoms with van der Waals surface area (Å²) in [5, 5.41) is 17.3. The number of aliphatic carboxylic acids is 2. The Hall–Kier alpha value is -1.10. The molecule has 0 aromatic heterocycles. The van der Waals surface area contributed by atoms with Crippen molar-refractivity contribution in [2.24, 2.45) is 5.92 Å². The quantitative estimate of drug-likeness (QED) is 0.697. The molecule has 104 valence electrons. The molecule has 0 amide bonds. The van der Waals surface area contributed by atoms with Crippen LogP contribution in [-0.2, 0) is 14.3 Å². The molecule has 1 rings (SSSR count). The molecule has 0 spiro atoms. The first-order valence-corrected chi connectivity index (χ1v) is 6.63. The molecule has 0 unspecified atom stereocenters. The maximum atomic E-state index is 10.6. The lowest BCUT2D eigenvalue weighted by Gasteiger charge is -2.22. The van der Waals surface area contributed by atoms with Gasteiger partial charge in [-0.2, -0.15) is 0 Å². The average molecular weight is 258 g/mol. The van der Waals surface area contributed by atoms with Crippen LogP contribution in [0.25, 0.3) is 0 Å². The van der Waals surface area contributed by atoms with Gasteiger partial charge < -0.3 is 14.9 Å². The lowest BCUT2D eigenvalue weighted by molar-refractivity contribution is -0.144. The highest BCUT2D eigenvalue weighted by atomic mass is 16.5. The third-order valence-electron chi connectivity index (χ3n) is 3.41.